The Morgan fingerprint density at radius 3 is 2.47 bits per heavy atom. The highest BCUT2D eigenvalue weighted by molar-refractivity contribution is 7.92. The average Bonchev–Trinajstić information content (AvgIpc) is 3.05. The third-order valence-electron chi connectivity index (χ3n) is 4.82. The molecule has 0 amide bonds. The number of nitrogens with one attached hydrogen (secondary N) is 1. The topological polar surface area (TPSA) is 105 Å². The average molecular weight is 421 g/mol. The molecule has 0 atom stereocenters. The van der Waals surface area contributed by atoms with Gasteiger partial charge in [-0.05, 0) is 55.0 Å². The van der Waals surface area contributed by atoms with Crippen molar-refractivity contribution in [1.82, 2.24) is 5.16 Å². The van der Waals surface area contributed by atoms with Crippen LogP contribution in [0.2, 0.25) is 0 Å². The van der Waals surface area contributed by atoms with Crippen LogP contribution in [0.25, 0.3) is 10.8 Å². The zero-order chi connectivity index (χ0) is 21.3. The molecule has 0 saturated heterocycles. The highest BCUT2D eigenvalue weighted by Gasteiger charge is 2.19. The number of aromatic hydroxyl groups is 1. The first-order valence-electron chi connectivity index (χ1n) is 9.16. The maximum absolute atomic E-state index is 12.6. The molecule has 0 spiro atoms. The van der Waals surface area contributed by atoms with Crippen molar-refractivity contribution in [3.63, 3.8) is 0 Å². The molecule has 0 aliphatic heterocycles. The summed E-state index contributed by atoms with van der Waals surface area (Å²) in [4.78, 5) is 4.46. The van der Waals surface area contributed by atoms with E-state index in [0.29, 0.717) is 22.5 Å². The summed E-state index contributed by atoms with van der Waals surface area (Å²) in [6, 6.07) is 17.2. The Labute approximate surface area is 173 Å². The highest BCUT2D eigenvalue weighted by atomic mass is 32.2. The number of fused-ring (bicyclic) bond motifs is 1. The molecule has 7 nitrogen and oxygen atoms in total. The monoisotopic (exact) mass is 421 g/mol. The number of phenolic OH excluding ortho intramolecular Hbond substituents is 1. The fourth-order valence-corrected chi connectivity index (χ4v) is 4.01. The fourth-order valence-electron chi connectivity index (χ4n) is 2.96. The van der Waals surface area contributed by atoms with Gasteiger partial charge in [-0.1, -0.05) is 35.5 Å². The molecule has 0 bridgehead atoms. The molecule has 4 rings (SSSR count). The summed E-state index contributed by atoms with van der Waals surface area (Å²) in [6.07, 6.45) is 1.57. The number of aryl methyl sites for hydroxylation is 1. The predicted molar refractivity (Wildman–Crippen MR) is 116 cm³/mol. The molecule has 2 N–H and O–H groups in total. The highest BCUT2D eigenvalue weighted by Crippen LogP contribution is 2.27. The second-order valence-electron chi connectivity index (χ2n) is 6.80. The zero-order valence-electron chi connectivity index (χ0n) is 16.3. The Balaban J connectivity index is 1.59. The van der Waals surface area contributed by atoms with E-state index >= 15 is 0 Å². The van der Waals surface area contributed by atoms with E-state index in [-0.39, 0.29) is 16.5 Å². The molecular weight excluding hydrogens is 402 g/mol. The summed E-state index contributed by atoms with van der Waals surface area (Å²) in [5.41, 5.74) is 2.40. The molecule has 0 saturated carbocycles. The van der Waals surface area contributed by atoms with Gasteiger partial charge in [-0.15, -0.1) is 0 Å². The van der Waals surface area contributed by atoms with E-state index in [0.717, 1.165) is 10.8 Å². The number of hydrogen-bond donors (Lipinski definition) is 2. The summed E-state index contributed by atoms with van der Waals surface area (Å²) in [6.45, 7) is 3.46. The molecule has 0 fully saturated rings. The van der Waals surface area contributed by atoms with Gasteiger partial charge in [0.2, 0.25) is 5.88 Å². The number of aromatic nitrogens is 1. The summed E-state index contributed by atoms with van der Waals surface area (Å²) in [7, 11) is -3.82. The van der Waals surface area contributed by atoms with Crippen LogP contribution in [0.15, 0.2) is 75.1 Å². The van der Waals surface area contributed by atoms with Crippen molar-refractivity contribution in [3.8, 4) is 5.75 Å². The first-order valence-corrected chi connectivity index (χ1v) is 10.6. The largest absolute Gasteiger partial charge is 0.507 e. The lowest BCUT2D eigenvalue weighted by Gasteiger charge is -2.06. The summed E-state index contributed by atoms with van der Waals surface area (Å²) in [5.74, 6) is 0.222. The van der Waals surface area contributed by atoms with E-state index in [4.69, 9.17) is 4.52 Å². The van der Waals surface area contributed by atoms with Crippen LogP contribution in [0.4, 0.5) is 11.6 Å². The molecular formula is C22H19N3O4S. The Morgan fingerprint density at radius 1 is 1.03 bits per heavy atom. The maximum atomic E-state index is 12.6. The van der Waals surface area contributed by atoms with Crippen molar-refractivity contribution >= 4 is 38.6 Å². The van der Waals surface area contributed by atoms with Gasteiger partial charge in [0.15, 0.2) is 0 Å². The normalized spacial score (nSPS) is 11.9. The first kappa shape index (κ1) is 19.7. The lowest BCUT2D eigenvalue weighted by atomic mass is 10.0. The van der Waals surface area contributed by atoms with Crippen LogP contribution in [-0.4, -0.2) is 24.9 Å². The lowest BCUT2D eigenvalue weighted by molar-refractivity contribution is 0.430. The van der Waals surface area contributed by atoms with Gasteiger partial charge in [0.05, 0.1) is 16.3 Å². The third-order valence-corrected chi connectivity index (χ3v) is 6.17. The Morgan fingerprint density at radius 2 is 1.77 bits per heavy atom. The molecule has 30 heavy (non-hydrogen) atoms. The predicted octanol–water partition coefficient (Wildman–Crippen LogP) is 4.70. The molecule has 1 aromatic heterocycles. The number of aliphatic imine (C=N–C) groups is 1. The number of benzene rings is 3. The van der Waals surface area contributed by atoms with Crippen molar-refractivity contribution in [1.29, 1.82) is 0 Å². The van der Waals surface area contributed by atoms with E-state index < -0.39 is 10.0 Å². The molecule has 3 aromatic carbocycles. The van der Waals surface area contributed by atoms with Crippen molar-refractivity contribution in [2.24, 2.45) is 4.99 Å². The molecule has 0 radical (unpaired) electrons. The molecule has 8 heteroatoms. The maximum Gasteiger partial charge on any atom is 0.264 e. The van der Waals surface area contributed by atoms with Gasteiger partial charge in [-0.25, -0.2) is 13.1 Å². The van der Waals surface area contributed by atoms with Crippen molar-refractivity contribution < 1.29 is 18.0 Å². The van der Waals surface area contributed by atoms with Crippen LogP contribution < -0.4 is 4.72 Å². The number of phenols is 1. The molecule has 152 valence electrons. The summed E-state index contributed by atoms with van der Waals surface area (Å²) in [5, 5.41) is 15.8. The summed E-state index contributed by atoms with van der Waals surface area (Å²) < 4.78 is 32.6. The smallest absolute Gasteiger partial charge is 0.264 e. The number of sulfonamides is 1. The van der Waals surface area contributed by atoms with Gasteiger partial charge < -0.3 is 9.63 Å². The summed E-state index contributed by atoms with van der Waals surface area (Å²) >= 11 is 0. The van der Waals surface area contributed by atoms with Crippen LogP contribution in [0.5, 0.6) is 5.75 Å². The van der Waals surface area contributed by atoms with Crippen LogP contribution in [0, 0.1) is 13.8 Å². The van der Waals surface area contributed by atoms with E-state index in [9.17, 15) is 13.5 Å². The Bertz CT molecular complexity index is 1360. The standard InChI is InChI=1S/C22H19N3O4S/c1-14-15(2)24-29-22(14)25-30(27,28)18-10-8-17(9-11-18)23-13-20-19-6-4-3-5-16(19)7-12-21(20)26/h3-13,25-26H,1-2H3. The zero-order valence-corrected chi connectivity index (χ0v) is 17.1. The molecule has 4 aromatic rings. The quantitative estimate of drug-likeness (QED) is 0.455. The third kappa shape index (κ3) is 3.77. The Hall–Kier alpha value is -3.65. The molecule has 1 heterocycles. The Kier molecular flexibility index (Phi) is 5.01. The first-order chi connectivity index (χ1) is 14.3. The van der Waals surface area contributed by atoms with E-state index in [2.05, 4.69) is 14.9 Å². The van der Waals surface area contributed by atoms with E-state index in [1.54, 1.807) is 38.3 Å². The molecule has 0 unspecified atom stereocenters. The van der Waals surface area contributed by atoms with Gasteiger partial charge >= 0.3 is 0 Å². The SMILES string of the molecule is Cc1noc(NS(=O)(=O)c2ccc(N=Cc3c(O)ccc4ccccc34)cc2)c1C. The van der Waals surface area contributed by atoms with E-state index in [1.807, 2.05) is 30.3 Å². The van der Waals surface area contributed by atoms with Gasteiger partial charge in [-0.2, -0.15) is 0 Å². The van der Waals surface area contributed by atoms with Gasteiger partial charge in [0, 0.05) is 17.3 Å². The second kappa shape index (κ2) is 7.64. The number of rotatable bonds is 5. The van der Waals surface area contributed by atoms with Crippen molar-refractivity contribution in [2.45, 2.75) is 18.7 Å². The minimum absolute atomic E-state index is 0.0721. The van der Waals surface area contributed by atoms with Crippen LogP contribution in [0.1, 0.15) is 16.8 Å². The fraction of sp³-hybridized carbons (Fsp3) is 0.0909. The van der Waals surface area contributed by atoms with Crippen molar-refractivity contribution in [3.05, 3.63) is 77.5 Å². The minimum atomic E-state index is -3.82. The van der Waals surface area contributed by atoms with Gasteiger partial charge in [0.1, 0.15) is 5.75 Å². The molecule has 0 aliphatic rings. The van der Waals surface area contributed by atoms with Gasteiger partial charge in [-0.3, -0.25) is 4.99 Å². The van der Waals surface area contributed by atoms with E-state index in [1.165, 1.54) is 12.1 Å². The van der Waals surface area contributed by atoms with Crippen LogP contribution >= 0.6 is 0 Å². The van der Waals surface area contributed by atoms with Crippen LogP contribution in [0.3, 0.4) is 0 Å². The minimum Gasteiger partial charge on any atom is -0.507 e. The number of anilines is 1. The van der Waals surface area contributed by atoms with Gasteiger partial charge in [0.25, 0.3) is 10.0 Å². The van der Waals surface area contributed by atoms with Crippen LogP contribution in [-0.2, 0) is 10.0 Å². The number of nitrogens with zero attached hydrogens (tertiary/aromatic N) is 2. The second-order valence-corrected chi connectivity index (χ2v) is 8.48. The molecule has 0 aliphatic carbocycles. The number of hydrogen-bond acceptors (Lipinski definition) is 6. The lowest BCUT2D eigenvalue weighted by Crippen LogP contribution is -2.12. The van der Waals surface area contributed by atoms with Crippen molar-refractivity contribution in [2.75, 3.05) is 4.72 Å².